The highest BCUT2D eigenvalue weighted by molar-refractivity contribution is 6.11. The molecular formula is C20H21N3O5. The summed E-state index contributed by atoms with van der Waals surface area (Å²) in [7, 11) is 1.56. The van der Waals surface area contributed by atoms with E-state index in [-0.39, 0.29) is 12.1 Å². The first-order chi connectivity index (χ1) is 13.5. The van der Waals surface area contributed by atoms with E-state index in [0.29, 0.717) is 40.8 Å². The molecule has 0 radical (unpaired) electrons. The van der Waals surface area contributed by atoms with E-state index in [1.54, 1.807) is 25.3 Å². The van der Waals surface area contributed by atoms with Crippen LogP contribution in [0, 0.1) is 10.1 Å². The summed E-state index contributed by atoms with van der Waals surface area (Å²) in [5.41, 5.74) is 1.88. The van der Waals surface area contributed by atoms with Gasteiger partial charge in [0.15, 0.2) is 0 Å². The van der Waals surface area contributed by atoms with E-state index in [1.807, 2.05) is 12.1 Å². The van der Waals surface area contributed by atoms with Crippen LogP contribution in [0.1, 0.15) is 25.7 Å². The van der Waals surface area contributed by atoms with Gasteiger partial charge in [-0.3, -0.25) is 14.9 Å². The summed E-state index contributed by atoms with van der Waals surface area (Å²) in [6, 6.07) is 10.3. The van der Waals surface area contributed by atoms with Crippen molar-refractivity contribution >= 4 is 39.1 Å². The van der Waals surface area contributed by atoms with Crippen LogP contribution in [0.3, 0.4) is 0 Å². The van der Waals surface area contributed by atoms with Crippen molar-refractivity contribution < 1.29 is 19.6 Å². The second-order valence-electron chi connectivity index (χ2n) is 6.43. The number of carboxylic acids is 1. The summed E-state index contributed by atoms with van der Waals surface area (Å²) in [6.07, 6.45) is 2.25. The second kappa shape index (κ2) is 8.51. The van der Waals surface area contributed by atoms with E-state index in [4.69, 9.17) is 9.84 Å². The molecule has 0 saturated heterocycles. The van der Waals surface area contributed by atoms with Crippen molar-refractivity contribution in [3.63, 3.8) is 0 Å². The van der Waals surface area contributed by atoms with Crippen molar-refractivity contribution in [1.29, 1.82) is 0 Å². The fourth-order valence-electron chi connectivity index (χ4n) is 3.21. The maximum Gasteiger partial charge on any atom is 0.303 e. The molecule has 0 aliphatic heterocycles. The number of nitrogens with one attached hydrogen (secondary N) is 1. The van der Waals surface area contributed by atoms with E-state index in [2.05, 4.69) is 10.3 Å². The van der Waals surface area contributed by atoms with Crippen LogP contribution in [0.25, 0.3) is 21.8 Å². The standard InChI is InChI=1S/C20H21N3O5/c1-28-13-9-10-15-14(12-13)20(21-11-4-2-3-8-18(24)25)19-16(22-15)6-5-7-17(19)23(26)27/h5-7,9-10,12H,2-4,8,11H2,1H3,(H,21,22)(H,24,25). The average molecular weight is 383 g/mol. The minimum atomic E-state index is -0.804. The number of non-ortho nitro benzene ring substituents is 1. The number of rotatable bonds is 9. The van der Waals surface area contributed by atoms with E-state index in [1.165, 1.54) is 6.07 Å². The van der Waals surface area contributed by atoms with Crippen molar-refractivity contribution in [3.05, 3.63) is 46.5 Å². The number of unbranched alkanes of at least 4 members (excludes halogenated alkanes) is 2. The lowest BCUT2D eigenvalue weighted by atomic mass is 10.1. The molecule has 0 spiro atoms. The molecule has 0 aliphatic rings. The van der Waals surface area contributed by atoms with Crippen LogP contribution < -0.4 is 10.1 Å². The number of methoxy groups -OCH3 is 1. The van der Waals surface area contributed by atoms with Gasteiger partial charge < -0.3 is 15.2 Å². The van der Waals surface area contributed by atoms with Gasteiger partial charge >= 0.3 is 5.97 Å². The van der Waals surface area contributed by atoms with Gasteiger partial charge in [0.1, 0.15) is 11.1 Å². The average Bonchev–Trinajstić information content (AvgIpc) is 2.68. The number of anilines is 1. The predicted molar refractivity (Wildman–Crippen MR) is 107 cm³/mol. The highest BCUT2D eigenvalue weighted by Crippen LogP contribution is 2.37. The first-order valence-electron chi connectivity index (χ1n) is 9.02. The summed E-state index contributed by atoms with van der Waals surface area (Å²) in [5, 5.41) is 24.8. The first kappa shape index (κ1) is 19.3. The molecule has 0 fully saturated rings. The first-order valence-corrected chi connectivity index (χ1v) is 9.02. The van der Waals surface area contributed by atoms with Gasteiger partial charge in [-0.2, -0.15) is 0 Å². The number of pyridine rings is 1. The minimum absolute atomic E-state index is 0.0110. The van der Waals surface area contributed by atoms with Crippen molar-refractivity contribution in [2.45, 2.75) is 25.7 Å². The van der Waals surface area contributed by atoms with E-state index >= 15 is 0 Å². The van der Waals surface area contributed by atoms with Gasteiger partial charge in [0.05, 0.1) is 28.8 Å². The number of carbonyl (C=O) groups is 1. The van der Waals surface area contributed by atoms with E-state index < -0.39 is 10.9 Å². The Labute approximate surface area is 161 Å². The maximum atomic E-state index is 11.6. The van der Waals surface area contributed by atoms with Gasteiger partial charge in [-0.15, -0.1) is 0 Å². The van der Waals surface area contributed by atoms with Crippen LogP contribution in [-0.4, -0.2) is 34.6 Å². The number of nitro benzene ring substituents is 1. The third-order valence-electron chi connectivity index (χ3n) is 4.55. The minimum Gasteiger partial charge on any atom is -0.497 e. The fraction of sp³-hybridized carbons (Fsp3) is 0.300. The summed E-state index contributed by atoms with van der Waals surface area (Å²) in [5.74, 6) is -0.168. The normalized spacial score (nSPS) is 10.9. The molecule has 0 aliphatic carbocycles. The fourth-order valence-corrected chi connectivity index (χ4v) is 3.21. The highest BCUT2D eigenvalue weighted by atomic mass is 16.6. The predicted octanol–water partition coefficient (Wildman–Crippen LogP) is 4.36. The zero-order valence-corrected chi connectivity index (χ0v) is 15.5. The van der Waals surface area contributed by atoms with Crippen LogP contribution in [0.15, 0.2) is 36.4 Å². The Bertz CT molecular complexity index is 1040. The molecule has 2 aromatic carbocycles. The van der Waals surface area contributed by atoms with Crippen LogP contribution in [0.2, 0.25) is 0 Å². The number of carboxylic acid groups (broad SMARTS) is 1. The Morgan fingerprint density at radius 3 is 2.75 bits per heavy atom. The summed E-state index contributed by atoms with van der Waals surface area (Å²) in [6.45, 7) is 0.567. The zero-order chi connectivity index (χ0) is 20.1. The zero-order valence-electron chi connectivity index (χ0n) is 15.5. The highest BCUT2D eigenvalue weighted by Gasteiger charge is 2.19. The van der Waals surface area contributed by atoms with Gasteiger partial charge in [-0.05, 0) is 37.1 Å². The summed E-state index contributed by atoms with van der Waals surface area (Å²) < 4.78 is 5.30. The molecule has 3 rings (SSSR count). The summed E-state index contributed by atoms with van der Waals surface area (Å²) in [4.78, 5) is 26.3. The Morgan fingerprint density at radius 2 is 2.04 bits per heavy atom. The Kier molecular flexibility index (Phi) is 5.88. The summed E-state index contributed by atoms with van der Waals surface area (Å²) >= 11 is 0. The molecule has 1 heterocycles. The number of ether oxygens (including phenoxy) is 1. The monoisotopic (exact) mass is 383 g/mol. The quantitative estimate of drug-likeness (QED) is 0.244. The molecule has 8 nitrogen and oxygen atoms in total. The van der Waals surface area contributed by atoms with Gasteiger partial charge in [-0.25, -0.2) is 4.98 Å². The van der Waals surface area contributed by atoms with Crippen LogP contribution >= 0.6 is 0 Å². The molecule has 2 N–H and O–H groups in total. The topological polar surface area (TPSA) is 115 Å². The lowest BCUT2D eigenvalue weighted by molar-refractivity contribution is -0.383. The van der Waals surface area contributed by atoms with Gasteiger partial charge in [0, 0.05) is 24.4 Å². The van der Waals surface area contributed by atoms with E-state index in [0.717, 1.165) is 18.2 Å². The van der Waals surface area contributed by atoms with Crippen molar-refractivity contribution in [2.24, 2.45) is 0 Å². The second-order valence-corrected chi connectivity index (χ2v) is 6.43. The van der Waals surface area contributed by atoms with Gasteiger partial charge in [0.25, 0.3) is 5.69 Å². The van der Waals surface area contributed by atoms with Crippen molar-refractivity contribution in [1.82, 2.24) is 4.98 Å². The molecule has 0 atom stereocenters. The Hall–Kier alpha value is -3.42. The number of nitrogens with zero attached hydrogens (tertiary/aromatic N) is 2. The third kappa shape index (κ3) is 4.11. The maximum absolute atomic E-state index is 11.6. The van der Waals surface area contributed by atoms with Crippen LogP contribution in [0.5, 0.6) is 5.75 Å². The van der Waals surface area contributed by atoms with E-state index in [9.17, 15) is 14.9 Å². The molecule has 0 saturated carbocycles. The number of nitro groups is 1. The molecule has 0 bridgehead atoms. The molecule has 0 amide bonds. The molecule has 1 aromatic heterocycles. The largest absolute Gasteiger partial charge is 0.497 e. The molecule has 3 aromatic rings. The third-order valence-corrected chi connectivity index (χ3v) is 4.55. The van der Waals surface area contributed by atoms with Crippen molar-refractivity contribution in [2.75, 3.05) is 19.0 Å². The van der Waals surface area contributed by atoms with Crippen LogP contribution in [-0.2, 0) is 4.79 Å². The number of aliphatic carboxylic acids is 1. The molecule has 28 heavy (non-hydrogen) atoms. The Balaban J connectivity index is 2.01. The number of hydrogen-bond donors (Lipinski definition) is 2. The molecule has 8 heteroatoms. The van der Waals surface area contributed by atoms with Gasteiger partial charge in [-0.1, -0.05) is 12.5 Å². The van der Waals surface area contributed by atoms with Crippen molar-refractivity contribution in [3.8, 4) is 5.75 Å². The molecule has 146 valence electrons. The lowest BCUT2D eigenvalue weighted by Gasteiger charge is -2.14. The number of aromatic nitrogens is 1. The molecule has 0 unspecified atom stereocenters. The molecular weight excluding hydrogens is 362 g/mol. The van der Waals surface area contributed by atoms with Gasteiger partial charge in [0.2, 0.25) is 0 Å². The number of benzene rings is 2. The Morgan fingerprint density at radius 1 is 1.21 bits per heavy atom. The number of fused-ring (bicyclic) bond motifs is 2. The SMILES string of the molecule is COc1ccc2nc3cccc([N+](=O)[O-])c3c(NCCCCCC(=O)O)c2c1. The lowest BCUT2D eigenvalue weighted by Crippen LogP contribution is -2.05. The smallest absolute Gasteiger partial charge is 0.303 e. The van der Waals surface area contributed by atoms with Crippen LogP contribution in [0.4, 0.5) is 11.4 Å². The number of hydrogen-bond acceptors (Lipinski definition) is 6.